The number of ether oxygens (including phenoxy) is 2. The van der Waals surface area contributed by atoms with Gasteiger partial charge in [0.15, 0.2) is 11.5 Å². The van der Waals surface area contributed by atoms with Crippen LogP contribution in [0.25, 0.3) is 0 Å². The van der Waals surface area contributed by atoms with Gasteiger partial charge in [-0.3, -0.25) is 9.69 Å². The molecule has 1 amide bonds. The van der Waals surface area contributed by atoms with E-state index in [9.17, 15) is 4.79 Å². The Hall–Kier alpha value is -2.53. The van der Waals surface area contributed by atoms with Crippen LogP contribution in [-0.2, 0) is 17.8 Å². The topological polar surface area (TPSA) is 42.0 Å². The Morgan fingerprint density at radius 2 is 1.65 bits per heavy atom. The zero-order chi connectivity index (χ0) is 17.8. The fraction of sp³-hybridized carbons (Fsp3) is 0.381. The third kappa shape index (κ3) is 3.99. The van der Waals surface area contributed by atoms with E-state index in [2.05, 4.69) is 29.2 Å². The van der Waals surface area contributed by atoms with Crippen molar-refractivity contribution in [1.29, 1.82) is 0 Å². The van der Waals surface area contributed by atoms with Gasteiger partial charge < -0.3 is 14.4 Å². The molecule has 2 aliphatic rings. The molecule has 5 heteroatoms. The molecule has 0 aromatic heterocycles. The van der Waals surface area contributed by atoms with Crippen molar-refractivity contribution in [3.05, 3.63) is 59.7 Å². The molecule has 26 heavy (non-hydrogen) atoms. The summed E-state index contributed by atoms with van der Waals surface area (Å²) in [5, 5.41) is 0. The van der Waals surface area contributed by atoms with Crippen LogP contribution in [0.2, 0.25) is 0 Å². The van der Waals surface area contributed by atoms with E-state index in [1.165, 1.54) is 5.56 Å². The van der Waals surface area contributed by atoms with Gasteiger partial charge in [0.1, 0.15) is 0 Å². The molecular formula is C21H24N2O3. The highest BCUT2D eigenvalue weighted by atomic mass is 16.7. The summed E-state index contributed by atoms with van der Waals surface area (Å²) >= 11 is 0. The highest BCUT2D eigenvalue weighted by molar-refractivity contribution is 5.76. The molecule has 0 atom stereocenters. The summed E-state index contributed by atoms with van der Waals surface area (Å²) in [5.41, 5.74) is 2.44. The fourth-order valence-corrected chi connectivity index (χ4v) is 3.50. The molecule has 1 fully saturated rings. The summed E-state index contributed by atoms with van der Waals surface area (Å²) in [5.74, 6) is 1.81. The van der Waals surface area contributed by atoms with Crippen LogP contribution in [-0.4, -0.2) is 48.7 Å². The van der Waals surface area contributed by atoms with Gasteiger partial charge in [0, 0.05) is 39.1 Å². The molecular weight excluding hydrogens is 328 g/mol. The molecule has 0 bridgehead atoms. The van der Waals surface area contributed by atoms with Crippen molar-refractivity contribution in [2.24, 2.45) is 0 Å². The van der Waals surface area contributed by atoms with Crippen molar-refractivity contribution < 1.29 is 14.3 Å². The zero-order valence-electron chi connectivity index (χ0n) is 14.9. The summed E-state index contributed by atoms with van der Waals surface area (Å²) in [6.07, 6.45) is 1.28. The van der Waals surface area contributed by atoms with Gasteiger partial charge >= 0.3 is 0 Å². The monoisotopic (exact) mass is 352 g/mol. The number of hydrogen-bond acceptors (Lipinski definition) is 4. The fourth-order valence-electron chi connectivity index (χ4n) is 3.50. The number of rotatable bonds is 5. The van der Waals surface area contributed by atoms with E-state index < -0.39 is 0 Å². The quantitative estimate of drug-likeness (QED) is 0.830. The lowest BCUT2D eigenvalue weighted by Crippen LogP contribution is -2.48. The number of carbonyl (C=O) groups excluding carboxylic acids is 1. The van der Waals surface area contributed by atoms with E-state index in [-0.39, 0.29) is 12.7 Å². The number of amides is 1. The molecule has 4 rings (SSSR count). The number of benzene rings is 2. The number of piperazine rings is 1. The van der Waals surface area contributed by atoms with Gasteiger partial charge in [0.25, 0.3) is 0 Å². The Labute approximate surface area is 154 Å². The summed E-state index contributed by atoms with van der Waals surface area (Å²) < 4.78 is 10.7. The Kier molecular flexibility index (Phi) is 5.07. The smallest absolute Gasteiger partial charge is 0.231 e. The van der Waals surface area contributed by atoms with Gasteiger partial charge in [-0.05, 0) is 29.7 Å². The SMILES string of the molecule is O=C(CCc1ccc2c(c1)OCO2)N1CCN(Cc2ccccc2)CC1. The molecule has 0 saturated carbocycles. The molecule has 0 spiro atoms. The van der Waals surface area contributed by atoms with Crippen molar-refractivity contribution in [3.8, 4) is 11.5 Å². The maximum atomic E-state index is 12.5. The van der Waals surface area contributed by atoms with E-state index in [1.807, 2.05) is 29.2 Å². The lowest BCUT2D eigenvalue weighted by Gasteiger charge is -2.34. The van der Waals surface area contributed by atoms with Crippen LogP contribution in [0.1, 0.15) is 17.5 Å². The van der Waals surface area contributed by atoms with Crippen LogP contribution in [0.3, 0.4) is 0 Å². The zero-order valence-corrected chi connectivity index (χ0v) is 14.9. The second-order valence-electron chi connectivity index (χ2n) is 6.83. The predicted molar refractivity (Wildman–Crippen MR) is 99.2 cm³/mol. The second kappa shape index (κ2) is 7.79. The van der Waals surface area contributed by atoms with E-state index in [0.29, 0.717) is 6.42 Å². The van der Waals surface area contributed by atoms with Crippen molar-refractivity contribution >= 4 is 5.91 Å². The number of carbonyl (C=O) groups is 1. The Bertz CT molecular complexity index is 755. The van der Waals surface area contributed by atoms with Gasteiger partial charge in [-0.25, -0.2) is 0 Å². The number of aryl methyl sites for hydroxylation is 1. The first-order chi connectivity index (χ1) is 12.8. The third-order valence-corrected chi connectivity index (χ3v) is 5.04. The minimum Gasteiger partial charge on any atom is -0.454 e. The normalized spacial score (nSPS) is 16.7. The van der Waals surface area contributed by atoms with E-state index in [4.69, 9.17) is 9.47 Å². The van der Waals surface area contributed by atoms with Gasteiger partial charge in [-0.15, -0.1) is 0 Å². The van der Waals surface area contributed by atoms with Crippen molar-refractivity contribution in [3.63, 3.8) is 0 Å². The maximum absolute atomic E-state index is 12.5. The highest BCUT2D eigenvalue weighted by Gasteiger charge is 2.21. The standard InChI is InChI=1S/C21H24N2O3/c24-21(9-7-17-6-8-19-20(14-17)26-16-25-19)23-12-10-22(11-13-23)15-18-4-2-1-3-5-18/h1-6,8,14H,7,9-13,15-16H2. The van der Waals surface area contributed by atoms with E-state index >= 15 is 0 Å². The van der Waals surface area contributed by atoms with Gasteiger partial charge in [0.2, 0.25) is 12.7 Å². The summed E-state index contributed by atoms with van der Waals surface area (Å²) in [7, 11) is 0. The third-order valence-electron chi connectivity index (χ3n) is 5.04. The molecule has 1 saturated heterocycles. The lowest BCUT2D eigenvalue weighted by atomic mass is 10.1. The van der Waals surface area contributed by atoms with Crippen LogP contribution in [0, 0.1) is 0 Å². The summed E-state index contributed by atoms with van der Waals surface area (Å²) in [6.45, 7) is 4.74. The molecule has 0 aliphatic carbocycles. The van der Waals surface area contributed by atoms with Crippen LogP contribution >= 0.6 is 0 Å². The first-order valence-corrected chi connectivity index (χ1v) is 9.20. The van der Waals surface area contributed by atoms with Crippen molar-refractivity contribution in [2.75, 3.05) is 33.0 Å². The minimum atomic E-state index is 0.238. The van der Waals surface area contributed by atoms with E-state index in [1.54, 1.807) is 0 Å². The Balaban J connectivity index is 1.23. The molecule has 0 radical (unpaired) electrons. The lowest BCUT2D eigenvalue weighted by molar-refractivity contribution is -0.133. The molecule has 136 valence electrons. The molecule has 0 N–H and O–H groups in total. The summed E-state index contributed by atoms with van der Waals surface area (Å²) in [4.78, 5) is 16.9. The Morgan fingerprint density at radius 3 is 2.46 bits per heavy atom. The first kappa shape index (κ1) is 16.9. The average molecular weight is 352 g/mol. The molecule has 2 heterocycles. The van der Waals surface area contributed by atoms with Gasteiger partial charge in [-0.1, -0.05) is 36.4 Å². The van der Waals surface area contributed by atoms with Crippen LogP contribution in [0.4, 0.5) is 0 Å². The first-order valence-electron chi connectivity index (χ1n) is 9.20. The second-order valence-corrected chi connectivity index (χ2v) is 6.83. The Morgan fingerprint density at radius 1 is 0.885 bits per heavy atom. The number of hydrogen-bond donors (Lipinski definition) is 0. The number of nitrogens with zero attached hydrogens (tertiary/aromatic N) is 2. The average Bonchev–Trinajstić information content (AvgIpc) is 3.15. The summed E-state index contributed by atoms with van der Waals surface area (Å²) in [6, 6.07) is 16.4. The predicted octanol–water partition coefficient (Wildman–Crippen LogP) is 2.69. The highest BCUT2D eigenvalue weighted by Crippen LogP contribution is 2.32. The molecule has 2 aromatic rings. The largest absolute Gasteiger partial charge is 0.454 e. The van der Waals surface area contributed by atoms with Gasteiger partial charge in [0.05, 0.1) is 0 Å². The maximum Gasteiger partial charge on any atom is 0.231 e. The molecule has 5 nitrogen and oxygen atoms in total. The van der Waals surface area contributed by atoms with Crippen LogP contribution < -0.4 is 9.47 Å². The van der Waals surface area contributed by atoms with Gasteiger partial charge in [-0.2, -0.15) is 0 Å². The van der Waals surface area contributed by atoms with Crippen molar-refractivity contribution in [1.82, 2.24) is 9.80 Å². The van der Waals surface area contributed by atoms with Crippen LogP contribution in [0.15, 0.2) is 48.5 Å². The molecule has 2 aliphatic heterocycles. The molecule has 2 aromatic carbocycles. The van der Waals surface area contributed by atoms with Crippen LogP contribution in [0.5, 0.6) is 11.5 Å². The number of fused-ring (bicyclic) bond motifs is 1. The van der Waals surface area contributed by atoms with E-state index in [0.717, 1.165) is 56.2 Å². The molecule has 0 unspecified atom stereocenters. The van der Waals surface area contributed by atoms with Crippen molar-refractivity contribution in [2.45, 2.75) is 19.4 Å². The minimum absolute atomic E-state index is 0.238.